The van der Waals surface area contributed by atoms with Crippen LogP contribution in [0.5, 0.6) is 0 Å². The van der Waals surface area contributed by atoms with Crippen molar-refractivity contribution in [2.24, 2.45) is 5.92 Å². The lowest BCUT2D eigenvalue weighted by Crippen LogP contribution is -2.42. The van der Waals surface area contributed by atoms with Crippen LogP contribution < -0.4 is 0 Å². The standard InChI is InChI=1S/C14H18O2/c1-11-13(16-14(11)15)10-6-5-9-12-7-3-2-4-8-12/h2-4,7-8,11,13H,5-6,9-10H2,1H3/t11-,13-/m0/s1. The summed E-state index contributed by atoms with van der Waals surface area (Å²) >= 11 is 0. The predicted molar refractivity (Wildman–Crippen MR) is 63.0 cm³/mol. The number of cyclic esters (lactones) is 1. The third kappa shape index (κ3) is 2.63. The molecule has 2 rings (SSSR count). The Hall–Kier alpha value is -1.31. The number of unbranched alkanes of at least 4 members (excludes halogenated alkanes) is 1. The molecular weight excluding hydrogens is 200 g/mol. The van der Waals surface area contributed by atoms with E-state index in [0.717, 1.165) is 19.3 Å². The van der Waals surface area contributed by atoms with Crippen LogP contribution in [0.2, 0.25) is 0 Å². The lowest BCUT2D eigenvalue weighted by molar-refractivity contribution is -0.183. The molecule has 0 radical (unpaired) electrons. The molecule has 1 heterocycles. The van der Waals surface area contributed by atoms with E-state index in [1.165, 1.54) is 12.0 Å². The molecular formula is C14H18O2. The van der Waals surface area contributed by atoms with Gasteiger partial charge >= 0.3 is 5.97 Å². The molecule has 2 heteroatoms. The number of carbonyl (C=O) groups is 1. The van der Waals surface area contributed by atoms with Crippen molar-refractivity contribution < 1.29 is 9.53 Å². The number of rotatable bonds is 5. The molecule has 16 heavy (non-hydrogen) atoms. The van der Waals surface area contributed by atoms with Crippen molar-refractivity contribution in [2.75, 3.05) is 0 Å². The highest BCUT2D eigenvalue weighted by molar-refractivity contribution is 5.77. The smallest absolute Gasteiger partial charge is 0.312 e. The molecule has 0 amide bonds. The Kier molecular flexibility index (Phi) is 3.60. The highest BCUT2D eigenvalue weighted by atomic mass is 16.6. The fourth-order valence-electron chi connectivity index (χ4n) is 2.07. The van der Waals surface area contributed by atoms with Crippen LogP contribution in [0.4, 0.5) is 0 Å². The first kappa shape index (κ1) is 11.2. The van der Waals surface area contributed by atoms with E-state index >= 15 is 0 Å². The molecule has 1 aromatic rings. The zero-order chi connectivity index (χ0) is 11.4. The molecule has 1 saturated heterocycles. The Morgan fingerprint density at radius 1 is 1.19 bits per heavy atom. The molecule has 1 aromatic carbocycles. The summed E-state index contributed by atoms with van der Waals surface area (Å²) in [5, 5.41) is 0. The van der Waals surface area contributed by atoms with Crippen LogP contribution in [0, 0.1) is 5.92 Å². The third-order valence-electron chi connectivity index (χ3n) is 3.24. The first-order valence-corrected chi connectivity index (χ1v) is 6.02. The second-order valence-corrected chi connectivity index (χ2v) is 4.50. The largest absolute Gasteiger partial charge is 0.461 e. The minimum Gasteiger partial charge on any atom is -0.461 e. The van der Waals surface area contributed by atoms with Gasteiger partial charge in [0.15, 0.2) is 0 Å². The van der Waals surface area contributed by atoms with Crippen LogP contribution in [-0.2, 0) is 16.0 Å². The van der Waals surface area contributed by atoms with Gasteiger partial charge in [0, 0.05) is 0 Å². The molecule has 0 unspecified atom stereocenters. The number of hydrogen-bond donors (Lipinski definition) is 0. The molecule has 1 aliphatic heterocycles. The van der Waals surface area contributed by atoms with Crippen LogP contribution in [0.1, 0.15) is 31.7 Å². The Morgan fingerprint density at radius 3 is 2.56 bits per heavy atom. The van der Waals surface area contributed by atoms with Crippen molar-refractivity contribution in [3.63, 3.8) is 0 Å². The molecule has 1 fully saturated rings. The van der Waals surface area contributed by atoms with Gasteiger partial charge in [-0.05, 0) is 38.2 Å². The molecule has 0 spiro atoms. The molecule has 86 valence electrons. The van der Waals surface area contributed by atoms with Gasteiger partial charge in [-0.3, -0.25) is 4.79 Å². The van der Waals surface area contributed by atoms with E-state index in [4.69, 9.17) is 4.74 Å². The van der Waals surface area contributed by atoms with E-state index in [0.29, 0.717) is 0 Å². The molecule has 2 nitrogen and oxygen atoms in total. The molecule has 1 aliphatic rings. The summed E-state index contributed by atoms with van der Waals surface area (Å²) in [4.78, 5) is 10.9. The van der Waals surface area contributed by atoms with Gasteiger partial charge in [0.25, 0.3) is 0 Å². The average molecular weight is 218 g/mol. The van der Waals surface area contributed by atoms with E-state index in [1.54, 1.807) is 0 Å². The summed E-state index contributed by atoms with van der Waals surface area (Å²) in [6, 6.07) is 10.5. The number of ether oxygens (including phenoxy) is 1. The van der Waals surface area contributed by atoms with E-state index in [2.05, 4.69) is 24.3 Å². The monoisotopic (exact) mass is 218 g/mol. The number of benzene rings is 1. The fourth-order valence-corrected chi connectivity index (χ4v) is 2.07. The Bertz CT molecular complexity index is 345. The Morgan fingerprint density at radius 2 is 1.94 bits per heavy atom. The predicted octanol–water partition coefficient (Wildman–Crippen LogP) is 2.96. The lowest BCUT2D eigenvalue weighted by Gasteiger charge is -2.32. The summed E-state index contributed by atoms with van der Waals surface area (Å²) in [5.41, 5.74) is 1.39. The number of hydrogen-bond acceptors (Lipinski definition) is 2. The van der Waals surface area contributed by atoms with Gasteiger partial charge < -0.3 is 4.74 Å². The summed E-state index contributed by atoms with van der Waals surface area (Å²) in [6.07, 6.45) is 4.63. The molecule has 2 atom stereocenters. The second kappa shape index (κ2) is 5.15. The molecule has 0 aliphatic carbocycles. The first-order valence-electron chi connectivity index (χ1n) is 6.02. The van der Waals surface area contributed by atoms with Crippen molar-refractivity contribution in [3.8, 4) is 0 Å². The summed E-state index contributed by atoms with van der Waals surface area (Å²) < 4.78 is 5.06. The molecule has 0 N–H and O–H groups in total. The lowest BCUT2D eigenvalue weighted by atomic mass is 9.94. The highest BCUT2D eigenvalue weighted by Crippen LogP contribution is 2.26. The average Bonchev–Trinajstić information content (AvgIpc) is 2.34. The van der Waals surface area contributed by atoms with Gasteiger partial charge in [-0.1, -0.05) is 30.3 Å². The van der Waals surface area contributed by atoms with Gasteiger partial charge in [0.1, 0.15) is 6.10 Å². The zero-order valence-corrected chi connectivity index (χ0v) is 9.69. The maximum atomic E-state index is 10.9. The minimum atomic E-state index is -0.0342. The maximum Gasteiger partial charge on any atom is 0.312 e. The van der Waals surface area contributed by atoms with Crippen LogP contribution in [0.25, 0.3) is 0 Å². The Labute approximate surface area is 96.6 Å². The quantitative estimate of drug-likeness (QED) is 0.561. The van der Waals surface area contributed by atoms with E-state index in [-0.39, 0.29) is 18.0 Å². The van der Waals surface area contributed by atoms with E-state index in [1.807, 2.05) is 13.0 Å². The van der Waals surface area contributed by atoms with Gasteiger partial charge in [0.2, 0.25) is 0 Å². The second-order valence-electron chi connectivity index (χ2n) is 4.50. The van der Waals surface area contributed by atoms with Crippen LogP contribution in [0.3, 0.4) is 0 Å². The van der Waals surface area contributed by atoms with Crippen molar-refractivity contribution in [2.45, 2.75) is 38.7 Å². The van der Waals surface area contributed by atoms with Crippen molar-refractivity contribution in [1.29, 1.82) is 0 Å². The first-order chi connectivity index (χ1) is 7.77. The van der Waals surface area contributed by atoms with Crippen molar-refractivity contribution in [1.82, 2.24) is 0 Å². The highest BCUT2D eigenvalue weighted by Gasteiger charge is 2.37. The van der Waals surface area contributed by atoms with Crippen LogP contribution >= 0.6 is 0 Å². The molecule has 0 saturated carbocycles. The van der Waals surface area contributed by atoms with Crippen molar-refractivity contribution >= 4 is 5.97 Å². The van der Waals surface area contributed by atoms with Gasteiger partial charge in [0.05, 0.1) is 5.92 Å². The summed E-state index contributed by atoms with van der Waals surface area (Å²) in [7, 11) is 0. The topological polar surface area (TPSA) is 26.3 Å². The number of carbonyl (C=O) groups excluding carboxylic acids is 1. The molecule has 0 bridgehead atoms. The zero-order valence-electron chi connectivity index (χ0n) is 9.69. The van der Waals surface area contributed by atoms with Gasteiger partial charge in [-0.15, -0.1) is 0 Å². The summed E-state index contributed by atoms with van der Waals surface area (Å²) in [5.74, 6) is 0.0878. The maximum absolute atomic E-state index is 10.9. The molecule has 0 aromatic heterocycles. The fraction of sp³-hybridized carbons (Fsp3) is 0.500. The van der Waals surface area contributed by atoms with E-state index < -0.39 is 0 Å². The number of esters is 1. The van der Waals surface area contributed by atoms with Crippen molar-refractivity contribution in [3.05, 3.63) is 35.9 Å². The van der Waals surface area contributed by atoms with Gasteiger partial charge in [-0.25, -0.2) is 0 Å². The summed E-state index contributed by atoms with van der Waals surface area (Å²) in [6.45, 7) is 1.95. The van der Waals surface area contributed by atoms with Gasteiger partial charge in [-0.2, -0.15) is 0 Å². The van der Waals surface area contributed by atoms with Crippen LogP contribution in [0.15, 0.2) is 30.3 Å². The Balaban J connectivity index is 1.61. The minimum absolute atomic E-state index is 0.0342. The van der Waals surface area contributed by atoms with E-state index in [9.17, 15) is 4.79 Å². The third-order valence-corrected chi connectivity index (χ3v) is 3.24. The SMILES string of the molecule is C[C@@H]1C(=O)O[C@H]1CCCCc1ccccc1. The normalized spacial score (nSPS) is 23.7. The number of aryl methyl sites for hydroxylation is 1. The van der Waals surface area contributed by atoms with Crippen LogP contribution in [-0.4, -0.2) is 12.1 Å².